The lowest BCUT2D eigenvalue weighted by Gasteiger charge is -1.92. The molecule has 0 saturated heterocycles. The van der Waals surface area contributed by atoms with Gasteiger partial charge in [0.05, 0.1) is 12.3 Å². The number of hydrogen-bond acceptors (Lipinski definition) is 4. The van der Waals surface area contributed by atoms with Crippen LogP contribution in [0.25, 0.3) is 0 Å². The Morgan fingerprint density at radius 1 is 1.41 bits per heavy atom. The number of aromatic nitrogens is 1. The highest BCUT2D eigenvalue weighted by atomic mass is 32.2. The summed E-state index contributed by atoms with van der Waals surface area (Å²) in [6, 6.07) is 2.09. The summed E-state index contributed by atoms with van der Waals surface area (Å²) < 4.78 is 5.45. The average molecular weight is 248 g/mol. The molecule has 0 atom stereocenters. The topological polar surface area (TPSA) is 49.8 Å². The summed E-state index contributed by atoms with van der Waals surface area (Å²) in [6.45, 7) is 2.16. The van der Waals surface area contributed by atoms with Crippen molar-refractivity contribution in [2.75, 3.05) is 5.75 Å². The number of unbranched alkanes of at least 4 members (excludes halogenated alkanes) is 3. The van der Waals surface area contributed by atoms with Crippen LogP contribution >= 0.6 is 11.8 Å². The lowest BCUT2D eigenvalue weighted by molar-refractivity contribution is 0.445. The third kappa shape index (κ3) is 6.04. The smallest absolute Gasteiger partial charge is 0.256 e. The van der Waals surface area contributed by atoms with E-state index in [1.165, 1.54) is 12.8 Å². The predicted molar refractivity (Wildman–Crippen MR) is 68.5 cm³/mol. The van der Waals surface area contributed by atoms with Crippen LogP contribution in [0.1, 0.15) is 44.8 Å². The van der Waals surface area contributed by atoms with Crippen molar-refractivity contribution < 1.29 is 4.42 Å². The van der Waals surface area contributed by atoms with E-state index in [9.17, 15) is 0 Å². The van der Waals surface area contributed by atoms with Gasteiger partial charge in [-0.1, -0.05) is 31.0 Å². The second kappa shape index (κ2) is 8.73. The summed E-state index contributed by atoms with van der Waals surface area (Å²) in [4.78, 5) is 4.14. The van der Waals surface area contributed by atoms with E-state index in [2.05, 4.69) is 29.8 Å². The van der Waals surface area contributed by atoms with E-state index in [1.54, 1.807) is 18.0 Å². The first-order chi connectivity index (χ1) is 8.36. The minimum Gasteiger partial charge on any atom is -0.423 e. The fourth-order valence-electron chi connectivity index (χ4n) is 1.09. The van der Waals surface area contributed by atoms with Crippen molar-refractivity contribution in [2.45, 2.75) is 44.3 Å². The van der Waals surface area contributed by atoms with Crippen molar-refractivity contribution in [2.24, 2.45) is 0 Å². The molecule has 0 amide bonds. The predicted octanol–water partition coefficient (Wildman–Crippen LogP) is 3.61. The maximum Gasteiger partial charge on any atom is 0.256 e. The molecule has 1 aromatic heterocycles. The van der Waals surface area contributed by atoms with Crippen LogP contribution in [0.3, 0.4) is 0 Å². The molecule has 4 heteroatoms. The molecule has 0 unspecified atom stereocenters. The first-order valence-corrected chi connectivity index (χ1v) is 6.79. The summed E-state index contributed by atoms with van der Waals surface area (Å²) >= 11 is 1.62. The molecule has 1 rings (SSSR count). The Hall–Kier alpha value is -1.39. The molecule has 0 aliphatic carbocycles. The van der Waals surface area contributed by atoms with Crippen LogP contribution < -0.4 is 0 Å². The molecular formula is C13H16N2OS. The quantitative estimate of drug-likeness (QED) is 0.438. The van der Waals surface area contributed by atoms with Gasteiger partial charge in [-0.05, 0) is 18.8 Å². The number of nitrogens with zero attached hydrogens (tertiary/aromatic N) is 2. The van der Waals surface area contributed by atoms with Crippen molar-refractivity contribution in [3.63, 3.8) is 0 Å². The number of oxazole rings is 1. The standard InChI is InChI=1S/C13H16N2OS/c1-2-3-10-17-13-15-11-12(16-13)8-6-4-5-7-9-14/h11H,2-5,7,10H2,1H3. The lowest BCUT2D eigenvalue weighted by atomic mass is 10.2. The van der Waals surface area contributed by atoms with Crippen LogP contribution in [0.5, 0.6) is 0 Å². The van der Waals surface area contributed by atoms with Crippen LogP contribution in [0.2, 0.25) is 0 Å². The van der Waals surface area contributed by atoms with Gasteiger partial charge in [-0.15, -0.1) is 0 Å². The minimum absolute atomic E-state index is 0.559. The van der Waals surface area contributed by atoms with Gasteiger partial charge in [0.1, 0.15) is 0 Å². The van der Waals surface area contributed by atoms with Gasteiger partial charge in [0.2, 0.25) is 0 Å². The van der Waals surface area contributed by atoms with Crippen LogP contribution in [0.15, 0.2) is 15.8 Å². The van der Waals surface area contributed by atoms with Gasteiger partial charge in [-0.2, -0.15) is 5.26 Å². The average Bonchev–Trinajstić information content (AvgIpc) is 2.77. The number of thioether (sulfide) groups is 1. The highest BCUT2D eigenvalue weighted by Gasteiger charge is 2.01. The Morgan fingerprint density at radius 3 is 3.06 bits per heavy atom. The Balaban J connectivity index is 2.32. The molecule has 0 fully saturated rings. The van der Waals surface area contributed by atoms with E-state index in [4.69, 9.17) is 9.68 Å². The van der Waals surface area contributed by atoms with Crippen LogP contribution in [0, 0.1) is 23.2 Å². The second-order valence-corrected chi connectivity index (χ2v) is 4.55. The molecule has 0 saturated carbocycles. The molecule has 0 bridgehead atoms. The molecule has 3 nitrogen and oxygen atoms in total. The van der Waals surface area contributed by atoms with E-state index >= 15 is 0 Å². The molecule has 0 aromatic carbocycles. The zero-order chi connectivity index (χ0) is 12.3. The van der Waals surface area contributed by atoms with Crippen molar-refractivity contribution in [3.8, 4) is 17.9 Å². The fraction of sp³-hybridized carbons (Fsp3) is 0.538. The zero-order valence-electron chi connectivity index (χ0n) is 10.0. The summed E-state index contributed by atoms with van der Waals surface area (Å²) in [6.07, 6.45) is 6.11. The lowest BCUT2D eigenvalue weighted by Crippen LogP contribution is -1.76. The summed E-state index contributed by atoms with van der Waals surface area (Å²) in [5.74, 6) is 7.53. The fourth-order valence-corrected chi connectivity index (χ4v) is 1.98. The Morgan fingerprint density at radius 2 is 2.29 bits per heavy atom. The molecule has 0 N–H and O–H groups in total. The van der Waals surface area contributed by atoms with E-state index in [0.29, 0.717) is 17.4 Å². The second-order valence-electron chi connectivity index (χ2n) is 3.51. The number of nitriles is 1. The van der Waals surface area contributed by atoms with Gasteiger partial charge < -0.3 is 4.42 Å². The van der Waals surface area contributed by atoms with E-state index in [-0.39, 0.29) is 0 Å². The van der Waals surface area contributed by atoms with Gasteiger partial charge in [0.25, 0.3) is 5.22 Å². The molecule has 0 aliphatic rings. The molecule has 1 aromatic rings. The van der Waals surface area contributed by atoms with Crippen LogP contribution in [-0.4, -0.2) is 10.7 Å². The molecule has 90 valence electrons. The van der Waals surface area contributed by atoms with Crippen molar-refractivity contribution >= 4 is 11.8 Å². The summed E-state index contributed by atoms with van der Waals surface area (Å²) in [5.41, 5.74) is 0. The number of rotatable bonds is 6. The van der Waals surface area contributed by atoms with Crippen molar-refractivity contribution in [1.29, 1.82) is 5.26 Å². The zero-order valence-corrected chi connectivity index (χ0v) is 10.8. The third-order valence-corrected chi connectivity index (χ3v) is 2.94. The minimum atomic E-state index is 0.559. The summed E-state index contributed by atoms with van der Waals surface area (Å²) in [7, 11) is 0. The van der Waals surface area contributed by atoms with Gasteiger partial charge in [0.15, 0.2) is 5.76 Å². The van der Waals surface area contributed by atoms with Crippen LogP contribution in [-0.2, 0) is 0 Å². The van der Waals surface area contributed by atoms with E-state index < -0.39 is 0 Å². The van der Waals surface area contributed by atoms with Crippen LogP contribution in [0.4, 0.5) is 0 Å². The van der Waals surface area contributed by atoms with Gasteiger partial charge >= 0.3 is 0 Å². The molecule has 17 heavy (non-hydrogen) atoms. The van der Waals surface area contributed by atoms with Crippen molar-refractivity contribution in [3.05, 3.63) is 12.0 Å². The largest absolute Gasteiger partial charge is 0.423 e. The molecular weight excluding hydrogens is 232 g/mol. The molecule has 1 heterocycles. The summed E-state index contributed by atoms with van der Waals surface area (Å²) in [5, 5.41) is 9.05. The van der Waals surface area contributed by atoms with Gasteiger partial charge in [-0.25, -0.2) is 4.98 Å². The Labute approximate surface area is 107 Å². The Kier molecular flexibility index (Phi) is 7.02. The monoisotopic (exact) mass is 248 g/mol. The first kappa shape index (κ1) is 13.7. The normalized spacial score (nSPS) is 9.41. The van der Waals surface area contributed by atoms with Crippen molar-refractivity contribution in [1.82, 2.24) is 4.98 Å². The first-order valence-electron chi connectivity index (χ1n) is 5.81. The molecule has 0 spiro atoms. The van der Waals surface area contributed by atoms with E-state index in [1.807, 2.05) is 0 Å². The van der Waals surface area contributed by atoms with E-state index in [0.717, 1.165) is 18.6 Å². The highest BCUT2D eigenvalue weighted by molar-refractivity contribution is 7.99. The highest BCUT2D eigenvalue weighted by Crippen LogP contribution is 2.18. The molecule has 0 aliphatic heterocycles. The maximum absolute atomic E-state index is 8.36. The van der Waals surface area contributed by atoms with Gasteiger partial charge in [-0.3, -0.25) is 0 Å². The SMILES string of the molecule is CCCCSc1ncc(C#CCCCC#N)o1. The maximum atomic E-state index is 8.36. The third-order valence-electron chi connectivity index (χ3n) is 2.01. The molecule has 0 radical (unpaired) electrons. The Bertz CT molecular complexity index is 423. The number of hydrogen-bond donors (Lipinski definition) is 0. The van der Waals surface area contributed by atoms with Gasteiger partial charge in [0, 0.05) is 18.6 Å².